The van der Waals surface area contributed by atoms with Crippen LogP contribution in [0, 0.1) is 20.8 Å². The summed E-state index contributed by atoms with van der Waals surface area (Å²) < 4.78 is 0. The number of hydrogen-bond acceptors (Lipinski definition) is 2. The van der Waals surface area contributed by atoms with Gasteiger partial charge in [0.05, 0.1) is 0 Å². The lowest BCUT2D eigenvalue weighted by Gasteiger charge is -2.10. The normalized spacial score (nSPS) is 10.6. The Kier molecular flexibility index (Phi) is 5.86. The predicted molar refractivity (Wildman–Crippen MR) is 74.1 cm³/mol. The summed E-state index contributed by atoms with van der Waals surface area (Å²) in [5, 5.41) is 11.8. The highest BCUT2D eigenvalue weighted by molar-refractivity contribution is 5.66. The third-order valence-electron chi connectivity index (χ3n) is 3.27. The van der Waals surface area contributed by atoms with Gasteiger partial charge in [-0.1, -0.05) is 12.1 Å². The molecule has 0 unspecified atom stereocenters. The zero-order valence-electron chi connectivity index (χ0n) is 11.5. The molecule has 1 rings (SSSR count). The summed E-state index contributed by atoms with van der Waals surface area (Å²) in [5.74, 6) is -0.721. The first-order chi connectivity index (χ1) is 8.50. The second-order valence-corrected chi connectivity index (χ2v) is 4.86. The largest absolute Gasteiger partial charge is 0.481 e. The summed E-state index contributed by atoms with van der Waals surface area (Å²) in [6.07, 6.45) is 1.94. The van der Waals surface area contributed by atoms with Crippen LogP contribution >= 0.6 is 0 Å². The molecule has 0 aromatic heterocycles. The van der Waals surface area contributed by atoms with E-state index in [9.17, 15) is 4.79 Å². The number of carboxylic acid groups (broad SMARTS) is 1. The molecule has 0 atom stereocenters. The van der Waals surface area contributed by atoms with Crippen LogP contribution in [0.4, 0.5) is 0 Å². The molecular formula is C15H23NO2. The Morgan fingerprint density at radius 1 is 1.11 bits per heavy atom. The number of carbonyl (C=O) groups is 1. The highest BCUT2D eigenvalue weighted by Crippen LogP contribution is 2.15. The number of aryl methyl sites for hydroxylation is 3. The van der Waals surface area contributed by atoms with Crippen molar-refractivity contribution in [2.75, 3.05) is 13.1 Å². The number of benzene rings is 1. The van der Waals surface area contributed by atoms with Crippen LogP contribution in [-0.2, 0) is 11.2 Å². The number of hydrogen-bond donors (Lipinski definition) is 2. The molecule has 0 fully saturated rings. The van der Waals surface area contributed by atoms with Crippen LogP contribution in [0.2, 0.25) is 0 Å². The molecule has 0 aliphatic heterocycles. The van der Waals surface area contributed by atoms with Gasteiger partial charge in [0.2, 0.25) is 0 Å². The molecule has 0 radical (unpaired) electrons. The number of aliphatic carboxylic acids is 1. The average Bonchev–Trinajstić information content (AvgIpc) is 2.29. The quantitative estimate of drug-likeness (QED) is 0.730. The standard InChI is InChI=1S/C15H23NO2/c1-11-9-13(3)14(10-12(11)2)6-8-16-7-4-5-15(17)18/h9-10,16H,4-8H2,1-3H3,(H,17,18). The van der Waals surface area contributed by atoms with Gasteiger partial charge in [-0.15, -0.1) is 0 Å². The minimum Gasteiger partial charge on any atom is -0.481 e. The van der Waals surface area contributed by atoms with E-state index in [0.717, 1.165) is 19.5 Å². The number of rotatable bonds is 7. The van der Waals surface area contributed by atoms with Crippen molar-refractivity contribution in [3.05, 3.63) is 34.4 Å². The molecule has 100 valence electrons. The van der Waals surface area contributed by atoms with Gasteiger partial charge in [-0.3, -0.25) is 4.79 Å². The van der Waals surface area contributed by atoms with Gasteiger partial charge in [0.15, 0.2) is 0 Å². The SMILES string of the molecule is Cc1cc(C)c(CCNCCCC(=O)O)cc1C. The molecular weight excluding hydrogens is 226 g/mol. The van der Waals surface area contributed by atoms with Gasteiger partial charge >= 0.3 is 5.97 Å². The number of carboxylic acids is 1. The fraction of sp³-hybridized carbons (Fsp3) is 0.533. The average molecular weight is 249 g/mol. The maximum atomic E-state index is 10.3. The lowest BCUT2D eigenvalue weighted by Crippen LogP contribution is -2.19. The van der Waals surface area contributed by atoms with Crippen LogP contribution in [0.1, 0.15) is 35.1 Å². The molecule has 0 saturated carbocycles. The van der Waals surface area contributed by atoms with Crippen molar-refractivity contribution in [3.8, 4) is 0 Å². The molecule has 2 N–H and O–H groups in total. The van der Waals surface area contributed by atoms with Crippen molar-refractivity contribution in [2.45, 2.75) is 40.0 Å². The monoisotopic (exact) mass is 249 g/mol. The first-order valence-corrected chi connectivity index (χ1v) is 6.50. The molecule has 0 heterocycles. The van der Waals surface area contributed by atoms with Gasteiger partial charge in [-0.05, 0) is 69.0 Å². The third kappa shape index (κ3) is 4.88. The molecule has 18 heavy (non-hydrogen) atoms. The van der Waals surface area contributed by atoms with Gasteiger partial charge in [-0.2, -0.15) is 0 Å². The maximum absolute atomic E-state index is 10.3. The second kappa shape index (κ2) is 7.17. The van der Waals surface area contributed by atoms with Gasteiger partial charge < -0.3 is 10.4 Å². The fourth-order valence-electron chi connectivity index (χ4n) is 2.00. The summed E-state index contributed by atoms with van der Waals surface area (Å²) in [5.41, 5.74) is 5.39. The number of nitrogens with one attached hydrogen (secondary N) is 1. The van der Waals surface area contributed by atoms with Crippen LogP contribution in [0.25, 0.3) is 0 Å². The van der Waals surface area contributed by atoms with E-state index in [1.54, 1.807) is 0 Å². The zero-order chi connectivity index (χ0) is 13.5. The van der Waals surface area contributed by atoms with Crippen LogP contribution in [0.15, 0.2) is 12.1 Å². The molecule has 3 heteroatoms. The van der Waals surface area contributed by atoms with Crippen molar-refractivity contribution in [2.24, 2.45) is 0 Å². The lowest BCUT2D eigenvalue weighted by atomic mass is 9.99. The lowest BCUT2D eigenvalue weighted by molar-refractivity contribution is -0.137. The van der Waals surface area contributed by atoms with E-state index in [2.05, 4.69) is 38.2 Å². The maximum Gasteiger partial charge on any atom is 0.303 e. The van der Waals surface area contributed by atoms with E-state index < -0.39 is 5.97 Å². The molecule has 0 amide bonds. The fourth-order valence-corrected chi connectivity index (χ4v) is 2.00. The van der Waals surface area contributed by atoms with Crippen LogP contribution < -0.4 is 5.32 Å². The van der Waals surface area contributed by atoms with E-state index in [0.29, 0.717) is 6.42 Å². The molecule has 3 nitrogen and oxygen atoms in total. The topological polar surface area (TPSA) is 49.3 Å². The highest BCUT2D eigenvalue weighted by atomic mass is 16.4. The Bertz CT molecular complexity index is 413. The minimum absolute atomic E-state index is 0.246. The molecule has 0 aliphatic rings. The van der Waals surface area contributed by atoms with E-state index in [-0.39, 0.29) is 6.42 Å². The van der Waals surface area contributed by atoms with Crippen molar-refractivity contribution >= 4 is 5.97 Å². The molecule has 1 aromatic carbocycles. The Morgan fingerprint density at radius 3 is 2.44 bits per heavy atom. The second-order valence-electron chi connectivity index (χ2n) is 4.86. The van der Waals surface area contributed by atoms with Gasteiger partial charge in [0, 0.05) is 6.42 Å². The third-order valence-corrected chi connectivity index (χ3v) is 3.27. The predicted octanol–water partition coefficient (Wildman–Crippen LogP) is 2.61. The van der Waals surface area contributed by atoms with Crippen molar-refractivity contribution in [1.29, 1.82) is 0 Å². The summed E-state index contributed by atoms with van der Waals surface area (Å²) in [7, 11) is 0. The molecule has 0 saturated heterocycles. The van der Waals surface area contributed by atoms with Crippen molar-refractivity contribution in [1.82, 2.24) is 5.32 Å². The Hall–Kier alpha value is -1.35. The Labute approximate surface area is 109 Å². The minimum atomic E-state index is -0.721. The van der Waals surface area contributed by atoms with Gasteiger partial charge in [0.25, 0.3) is 0 Å². The summed E-state index contributed by atoms with van der Waals surface area (Å²) >= 11 is 0. The summed E-state index contributed by atoms with van der Waals surface area (Å²) in [4.78, 5) is 10.3. The van der Waals surface area contributed by atoms with Gasteiger partial charge in [-0.25, -0.2) is 0 Å². The van der Waals surface area contributed by atoms with E-state index in [1.165, 1.54) is 22.3 Å². The van der Waals surface area contributed by atoms with Crippen molar-refractivity contribution < 1.29 is 9.90 Å². The molecule has 0 aliphatic carbocycles. The smallest absolute Gasteiger partial charge is 0.303 e. The zero-order valence-corrected chi connectivity index (χ0v) is 11.5. The van der Waals surface area contributed by atoms with E-state index >= 15 is 0 Å². The van der Waals surface area contributed by atoms with Crippen LogP contribution in [-0.4, -0.2) is 24.2 Å². The van der Waals surface area contributed by atoms with Gasteiger partial charge in [0.1, 0.15) is 0 Å². The Balaban J connectivity index is 2.31. The first-order valence-electron chi connectivity index (χ1n) is 6.50. The highest BCUT2D eigenvalue weighted by Gasteiger charge is 2.02. The molecule has 0 bridgehead atoms. The van der Waals surface area contributed by atoms with Crippen molar-refractivity contribution in [3.63, 3.8) is 0 Å². The van der Waals surface area contributed by atoms with Crippen LogP contribution in [0.3, 0.4) is 0 Å². The molecule has 1 aromatic rings. The summed E-state index contributed by atoms with van der Waals surface area (Å²) in [6.45, 7) is 8.10. The summed E-state index contributed by atoms with van der Waals surface area (Å²) in [6, 6.07) is 4.48. The van der Waals surface area contributed by atoms with E-state index in [4.69, 9.17) is 5.11 Å². The molecule has 0 spiro atoms. The Morgan fingerprint density at radius 2 is 1.78 bits per heavy atom. The van der Waals surface area contributed by atoms with Crippen LogP contribution in [0.5, 0.6) is 0 Å². The first kappa shape index (κ1) is 14.7. The van der Waals surface area contributed by atoms with E-state index in [1.807, 2.05) is 0 Å².